The second kappa shape index (κ2) is 48.1. The van der Waals surface area contributed by atoms with Gasteiger partial charge in [-0.15, -0.1) is 0 Å². The second-order valence-corrected chi connectivity index (χ2v) is 32.0. The van der Waals surface area contributed by atoms with E-state index in [0.29, 0.717) is 116 Å². The monoisotopic (exact) mass is 1740 g/mol. The van der Waals surface area contributed by atoms with E-state index in [2.05, 4.69) is 198 Å². The van der Waals surface area contributed by atoms with Gasteiger partial charge < -0.3 is 65.2 Å². The van der Waals surface area contributed by atoms with Crippen molar-refractivity contribution in [3.05, 3.63) is 302 Å². The van der Waals surface area contributed by atoms with Crippen molar-refractivity contribution in [2.45, 2.75) is 64.9 Å². The first-order chi connectivity index (χ1) is 64.0. The highest BCUT2D eigenvalue weighted by molar-refractivity contribution is 5.90. The van der Waals surface area contributed by atoms with Crippen molar-refractivity contribution in [3.63, 3.8) is 0 Å². The second-order valence-electron chi connectivity index (χ2n) is 32.0. The number of nitrogens with zero attached hydrogens (tertiary/aromatic N) is 15. The zero-order chi connectivity index (χ0) is 88.9. The Balaban J connectivity index is 0.000000134. The molecule has 0 radical (unpaired) electrons. The van der Waals surface area contributed by atoms with E-state index in [4.69, 9.17) is 38.4 Å². The molecule has 6 aliphatic rings. The number of anilines is 9. The van der Waals surface area contributed by atoms with Crippen LogP contribution in [0, 0.1) is 11.3 Å². The van der Waals surface area contributed by atoms with Crippen molar-refractivity contribution in [2.24, 2.45) is 0 Å². The summed E-state index contributed by atoms with van der Waals surface area (Å²) in [5, 5.41) is 29.2. The number of hydrogen-bond donors (Lipinski definition) is 6. The van der Waals surface area contributed by atoms with Gasteiger partial charge in [-0.2, -0.15) is 5.26 Å². The number of fused-ring (bicyclic) bond motifs is 28. The van der Waals surface area contributed by atoms with Crippen LogP contribution in [0.25, 0.3) is 45.0 Å². The molecule has 0 atom stereocenters. The number of rotatable bonds is 6. The third-order valence-corrected chi connectivity index (χ3v) is 21.6. The summed E-state index contributed by atoms with van der Waals surface area (Å²) in [6, 6.07) is 64.4. The molecule has 12 aromatic rings. The van der Waals surface area contributed by atoms with Crippen molar-refractivity contribution >= 4 is 58.3 Å². The quantitative estimate of drug-likeness (QED) is 0.0666. The molecule has 2 amide bonds. The minimum absolute atomic E-state index is 0.127. The summed E-state index contributed by atoms with van der Waals surface area (Å²) in [5.74, 6) is 5.44. The number of hydrogen-bond acceptors (Lipinski definition) is 26. The lowest BCUT2D eigenvalue weighted by atomic mass is 10.1. The molecule has 28 heteroatoms. The predicted octanol–water partition coefficient (Wildman–Crippen LogP) is 17.7. The molecule has 6 N–H and O–H groups in total. The van der Waals surface area contributed by atoms with Gasteiger partial charge in [-0.1, -0.05) is 109 Å². The minimum Gasteiger partial charge on any atom is -0.493 e. The van der Waals surface area contributed by atoms with Crippen molar-refractivity contribution in [3.8, 4) is 74.1 Å². The maximum atomic E-state index is 12.9. The number of benzene rings is 7. The Hall–Kier alpha value is -14.2. The number of amides is 2. The number of likely N-dealkylation sites (N-methyl/N-ethyl adjacent to an activating group) is 2. The third kappa shape index (κ3) is 28.7. The lowest BCUT2D eigenvalue weighted by Gasteiger charge is -2.27. The Morgan fingerprint density at radius 2 is 0.985 bits per heavy atom. The molecule has 18 rings (SSSR count). The smallest absolute Gasteiger partial charge is 0.322 e. The molecule has 130 heavy (non-hydrogen) atoms. The first-order valence-corrected chi connectivity index (χ1v) is 44.3. The van der Waals surface area contributed by atoms with Crippen molar-refractivity contribution in [1.82, 2.24) is 74.7 Å². The maximum Gasteiger partial charge on any atom is 0.322 e. The summed E-state index contributed by atoms with van der Waals surface area (Å²) in [6.07, 6.45) is 32.7. The minimum atomic E-state index is -0.127. The number of aromatic nitrogens is 9. The fraction of sp³-hybridized carbons (Fsp3) is 0.284. The van der Waals surface area contributed by atoms with Gasteiger partial charge in [-0.05, 0) is 209 Å². The molecule has 2 saturated heterocycles. The molecule has 0 aliphatic carbocycles. The van der Waals surface area contributed by atoms with Gasteiger partial charge in [0.25, 0.3) is 0 Å². The van der Waals surface area contributed by atoms with E-state index in [9.17, 15) is 10.1 Å². The van der Waals surface area contributed by atoms with Crippen LogP contribution >= 0.6 is 0 Å². The summed E-state index contributed by atoms with van der Waals surface area (Å²) >= 11 is 0. The van der Waals surface area contributed by atoms with Gasteiger partial charge in [0.15, 0.2) is 0 Å². The van der Waals surface area contributed by atoms with Crippen LogP contribution in [0.15, 0.2) is 274 Å². The molecule has 5 aromatic heterocycles. The molecular weight excluding hydrogens is 1630 g/mol. The van der Waals surface area contributed by atoms with E-state index in [1.807, 2.05) is 158 Å². The zero-order valence-corrected chi connectivity index (χ0v) is 73.6. The Labute approximate surface area is 760 Å². The molecule has 7 aromatic carbocycles. The molecular formula is C102H111N21O7. The number of morpholine rings is 1. The topological polar surface area (TPSA) is 301 Å². The SMILES string of the molecule is C1=C/CNCc2cccc(c2)Nc2nccc(n2)-c2cccc(c2)OCC/1.CN1C/C=C/CCOc2cccc(c2)-c2ccnc(n2)Nc2cc(cc(NC(=O)N3CCOCC3)c2)C1.CN1C/C=C/COCc2cncc(c2)-c2ccnc(n2)Nc2cccc(c2)C1.N#CCN1C/C=C/CCOc2cccc(c2)-c2ccnc(n2)Nc2ccc(OCCN3CCCC3)c(c2)C1. The summed E-state index contributed by atoms with van der Waals surface area (Å²) in [6.45, 7) is 15.5. The van der Waals surface area contributed by atoms with Gasteiger partial charge in [0.05, 0.1) is 81.6 Å². The fourth-order valence-corrected chi connectivity index (χ4v) is 15.2. The molecule has 24 bridgehead atoms. The van der Waals surface area contributed by atoms with Crippen LogP contribution in [0.1, 0.15) is 59.9 Å². The Kier molecular flexibility index (Phi) is 33.6. The molecule has 6 aliphatic heterocycles. The van der Waals surface area contributed by atoms with Crippen LogP contribution in [0.5, 0.6) is 23.0 Å². The zero-order valence-electron chi connectivity index (χ0n) is 73.6. The van der Waals surface area contributed by atoms with Gasteiger partial charge in [-0.25, -0.2) is 44.7 Å². The van der Waals surface area contributed by atoms with E-state index >= 15 is 0 Å². The molecule has 0 spiro atoms. The van der Waals surface area contributed by atoms with Crippen LogP contribution in [-0.4, -0.2) is 201 Å². The first-order valence-electron chi connectivity index (χ1n) is 44.3. The van der Waals surface area contributed by atoms with Crippen molar-refractivity contribution in [2.75, 3.05) is 152 Å². The predicted molar refractivity (Wildman–Crippen MR) is 511 cm³/mol. The number of carbonyl (C=O) groups is 1. The number of nitrogens with one attached hydrogen (secondary N) is 6. The Bertz CT molecular complexity index is 5860. The molecule has 666 valence electrons. The van der Waals surface area contributed by atoms with E-state index in [1.54, 1.807) is 29.7 Å². The largest absolute Gasteiger partial charge is 0.493 e. The van der Waals surface area contributed by atoms with Crippen LogP contribution in [0.3, 0.4) is 0 Å². The normalized spacial score (nSPS) is 16.8. The fourth-order valence-electron chi connectivity index (χ4n) is 15.2. The van der Waals surface area contributed by atoms with Crippen LogP contribution < -0.4 is 50.8 Å². The van der Waals surface area contributed by atoms with E-state index in [-0.39, 0.29) is 6.03 Å². The van der Waals surface area contributed by atoms with Crippen LogP contribution in [-0.2, 0) is 42.3 Å². The lowest BCUT2D eigenvalue weighted by Crippen LogP contribution is -2.43. The first kappa shape index (κ1) is 90.6. The summed E-state index contributed by atoms with van der Waals surface area (Å²) < 4.78 is 35.2. The highest BCUT2D eigenvalue weighted by Crippen LogP contribution is 2.33. The number of likely N-dealkylation sites (tertiary alicyclic amines) is 1. The van der Waals surface area contributed by atoms with E-state index in [1.165, 1.54) is 24.0 Å². The average Bonchev–Trinajstić information content (AvgIpc) is 0.916. The van der Waals surface area contributed by atoms with Gasteiger partial charge in [0, 0.05) is 165 Å². The van der Waals surface area contributed by atoms with E-state index < -0.39 is 0 Å². The Morgan fingerprint density at radius 3 is 1.58 bits per heavy atom. The highest BCUT2D eigenvalue weighted by atomic mass is 16.5. The highest BCUT2D eigenvalue weighted by Gasteiger charge is 2.21. The van der Waals surface area contributed by atoms with Gasteiger partial charge >= 0.3 is 6.03 Å². The van der Waals surface area contributed by atoms with Crippen LogP contribution in [0.4, 0.5) is 57.0 Å². The number of ether oxygens (including phenoxy) is 6. The molecule has 28 nitrogen and oxygen atoms in total. The molecule has 2 fully saturated rings. The van der Waals surface area contributed by atoms with Crippen LogP contribution in [0.2, 0.25) is 0 Å². The molecule has 0 saturated carbocycles. The third-order valence-electron chi connectivity index (χ3n) is 21.6. The van der Waals surface area contributed by atoms with Gasteiger partial charge in [0.2, 0.25) is 23.8 Å². The summed E-state index contributed by atoms with van der Waals surface area (Å²) in [4.78, 5) is 64.4. The lowest BCUT2D eigenvalue weighted by molar-refractivity contribution is 0.0564. The van der Waals surface area contributed by atoms with Crippen molar-refractivity contribution in [1.29, 1.82) is 5.26 Å². The standard InChI is InChI=1S/C30H34N6O2.C28H32N6O3.C22H23N5O.C22H22N4O/c31-12-17-36-16-2-1-5-19-37-27-8-6-7-24(22-27)28-11-13-32-30(34-28)33-26-9-10-29(25(21-26)23-36)38-20-18-35-14-3-4-15-35;1-33-10-3-2-4-13-37-25-7-5-6-22(18-25)26-8-9-29-27(32-26)30-23-16-21(20-33)17-24(19-23)31-28(35)34-11-14-36-15-12-34;1-27-9-2-3-10-28-16-18-11-19(14-23-13-18)21-7-8-24-22(26-21)25-20-6-4-5-17(12-20)15-27;1-2-11-23-16-17-6-4-8-19(14-17)25-22-24-12-10-21(26-22)18-7-5-9-20(15-18)27-13-3-1/h1-2,6-11,13,21-22H,3-5,14-20,23H2,(H,32,33,34);2-3,5-9,16-19H,4,10-15,20H2,1H3,(H,31,35)(H,29,30,32);2-8,11-14H,9-10,15-16H2,1H3,(H,24,25,26);1-2,4-10,12,14-15,23H,3,11,13,16H2,(H,24,25,26)/b2-1+;2*3-2+;2-1+. The number of urea groups is 1. The molecule has 0 unspecified atom stereocenters. The average molecular weight is 1740 g/mol. The summed E-state index contributed by atoms with van der Waals surface area (Å²) in [7, 11) is 4.18. The van der Waals surface area contributed by atoms with Gasteiger partial charge in [-0.3, -0.25) is 24.6 Å². The Morgan fingerprint density at radius 1 is 0.462 bits per heavy atom. The van der Waals surface area contributed by atoms with E-state index in [0.717, 1.165) is 185 Å². The maximum absolute atomic E-state index is 12.9. The van der Waals surface area contributed by atoms with Gasteiger partial charge in [0.1, 0.15) is 29.6 Å². The molecule has 11 heterocycles. The number of pyridine rings is 1. The number of carbonyl (C=O) groups excluding carboxylic acids is 1. The number of nitriles is 1. The summed E-state index contributed by atoms with van der Waals surface area (Å²) in [5.41, 5.74) is 17.0. The van der Waals surface area contributed by atoms with Crippen molar-refractivity contribution < 1.29 is 33.2 Å².